The largest absolute Gasteiger partial charge is 0.351 e. The molecule has 1 aliphatic heterocycles. The molecular weight excluding hydrogens is 272 g/mol. The first-order chi connectivity index (χ1) is 9.73. The number of piperidine rings is 1. The predicted octanol–water partition coefficient (Wildman–Crippen LogP) is 0.149. The molecule has 1 aliphatic rings. The van der Waals surface area contributed by atoms with Gasteiger partial charge in [-0.3, -0.25) is 19.8 Å². The number of amides is 4. The average Bonchev–Trinajstić information content (AvgIpc) is 2.44. The highest BCUT2D eigenvalue weighted by Gasteiger charge is 2.31. The number of primary amides is 1. The van der Waals surface area contributed by atoms with Crippen molar-refractivity contribution in [1.82, 2.24) is 15.1 Å². The Morgan fingerprint density at radius 2 is 1.71 bits per heavy atom. The lowest BCUT2D eigenvalue weighted by molar-refractivity contribution is -0.137. The monoisotopic (exact) mass is 298 g/mol. The molecule has 0 aliphatic carbocycles. The number of likely N-dealkylation sites (tertiary alicyclic amines) is 1. The molecule has 0 aromatic rings. The molecule has 7 heteroatoms. The van der Waals surface area contributed by atoms with Gasteiger partial charge in [0.2, 0.25) is 11.8 Å². The Balaban J connectivity index is 2.50. The zero-order valence-corrected chi connectivity index (χ0v) is 13.3. The first-order valence-corrected chi connectivity index (χ1v) is 7.35. The lowest BCUT2D eigenvalue weighted by atomic mass is 9.94. The summed E-state index contributed by atoms with van der Waals surface area (Å²) in [5, 5.41) is 2.09. The lowest BCUT2D eigenvalue weighted by Gasteiger charge is -2.36. The van der Waals surface area contributed by atoms with Crippen LogP contribution < -0.4 is 11.1 Å². The van der Waals surface area contributed by atoms with Gasteiger partial charge < -0.3 is 10.6 Å². The second-order valence-corrected chi connectivity index (χ2v) is 5.88. The van der Waals surface area contributed by atoms with Crippen LogP contribution in [0, 0.1) is 5.92 Å². The first-order valence-electron chi connectivity index (χ1n) is 7.35. The topological polar surface area (TPSA) is 95.7 Å². The Bertz CT molecular complexity index is 403. The molecule has 0 saturated carbocycles. The molecule has 0 radical (unpaired) electrons. The average molecular weight is 298 g/mol. The van der Waals surface area contributed by atoms with E-state index in [-0.39, 0.29) is 17.9 Å². The third-order valence-corrected chi connectivity index (χ3v) is 4.17. The summed E-state index contributed by atoms with van der Waals surface area (Å²) in [5.74, 6) is -0.217. The summed E-state index contributed by atoms with van der Waals surface area (Å²) in [6, 6.07) is -1.07. The highest BCUT2D eigenvalue weighted by Crippen LogP contribution is 2.21. The fourth-order valence-electron chi connectivity index (χ4n) is 2.47. The number of hydrogen-bond acceptors (Lipinski definition) is 4. The van der Waals surface area contributed by atoms with Gasteiger partial charge in [-0.1, -0.05) is 0 Å². The fourth-order valence-corrected chi connectivity index (χ4v) is 2.47. The van der Waals surface area contributed by atoms with Crippen molar-refractivity contribution < 1.29 is 14.4 Å². The van der Waals surface area contributed by atoms with E-state index in [1.165, 1.54) is 0 Å². The summed E-state index contributed by atoms with van der Waals surface area (Å²) in [7, 11) is 1.82. The summed E-state index contributed by atoms with van der Waals surface area (Å²) in [4.78, 5) is 38.4. The van der Waals surface area contributed by atoms with Crippen LogP contribution in [0.2, 0.25) is 0 Å². The van der Waals surface area contributed by atoms with Crippen LogP contribution in [-0.4, -0.2) is 59.9 Å². The smallest absolute Gasteiger partial charge is 0.318 e. The van der Waals surface area contributed by atoms with Crippen molar-refractivity contribution >= 4 is 17.8 Å². The molecule has 1 saturated heterocycles. The molecule has 7 nitrogen and oxygen atoms in total. The predicted molar refractivity (Wildman–Crippen MR) is 79.4 cm³/mol. The van der Waals surface area contributed by atoms with E-state index < -0.39 is 18.0 Å². The van der Waals surface area contributed by atoms with Crippen LogP contribution in [0.25, 0.3) is 0 Å². The van der Waals surface area contributed by atoms with Gasteiger partial charge in [-0.2, -0.15) is 0 Å². The highest BCUT2D eigenvalue weighted by atomic mass is 16.2. The normalized spacial score (nSPS) is 18.3. The number of nitrogens with zero attached hydrogens (tertiary/aromatic N) is 2. The van der Waals surface area contributed by atoms with Crippen molar-refractivity contribution in [3.63, 3.8) is 0 Å². The Kier molecular flexibility index (Phi) is 6.14. The standard InChI is InChI=1S/C14H26N4O3/c1-9(2)17(4)13(20)11-5-7-18(8-6-11)10(3)12(19)16-14(15)21/h9-11H,5-8H2,1-4H3,(H3,15,16,19,21). The lowest BCUT2D eigenvalue weighted by Crippen LogP contribution is -2.52. The van der Waals surface area contributed by atoms with Crippen molar-refractivity contribution in [3.05, 3.63) is 0 Å². The van der Waals surface area contributed by atoms with Gasteiger partial charge in [0.15, 0.2) is 0 Å². The Morgan fingerprint density at radius 1 is 1.19 bits per heavy atom. The van der Waals surface area contributed by atoms with Crippen molar-refractivity contribution in [2.45, 2.75) is 45.7 Å². The molecule has 1 heterocycles. The third kappa shape index (κ3) is 4.70. The van der Waals surface area contributed by atoms with E-state index in [1.54, 1.807) is 11.8 Å². The molecule has 120 valence electrons. The molecule has 1 unspecified atom stereocenters. The van der Waals surface area contributed by atoms with Gasteiger partial charge >= 0.3 is 6.03 Å². The van der Waals surface area contributed by atoms with Crippen molar-refractivity contribution in [1.29, 1.82) is 0 Å². The molecule has 0 aromatic carbocycles. The Labute approximate surface area is 125 Å². The maximum atomic E-state index is 12.3. The van der Waals surface area contributed by atoms with Crippen LogP contribution in [0.5, 0.6) is 0 Å². The van der Waals surface area contributed by atoms with Gasteiger partial charge in [-0.25, -0.2) is 4.79 Å². The van der Waals surface area contributed by atoms with E-state index in [9.17, 15) is 14.4 Å². The van der Waals surface area contributed by atoms with Gasteiger partial charge in [0, 0.05) is 19.0 Å². The highest BCUT2D eigenvalue weighted by molar-refractivity contribution is 5.96. The van der Waals surface area contributed by atoms with E-state index >= 15 is 0 Å². The van der Waals surface area contributed by atoms with E-state index in [0.717, 1.165) is 12.8 Å². The SMILES string of the molecule is CC(C(=O)NC(N)=O)N1CCC(C(=O)N(C)C(C)C)CC1. The molecule has 21 heavy (non-hydrogen) atoms. The molecule has 0 spiro atoms. The molecule has 1 fully saturated rings. The van der Waals surface area contributed by atoms with Gasteiger partial charge in [-0.15, -0.1) is 0 Å². The fraction of sp³-hybridized carbons (Fsp3) is 0.786. The summed E-state index contributed by atoms with van der Waals surface area (Å²) < 4.78 is 0. The summed E-state index contributed by atoms with van der Waals surface area (Å²) in [6.45, 7) is 7.04. The van der Waals surface area contributed by atoms with E-state index in [1.807, 2.05) is 25.8 Å². The minimum Gasteiger partial charge on any atom is -0.351 e. The second-order valence-electron chi connectivity index (χ2n) is 5.88. The van der Waals surface area contributed by atoms with Gasteiger partial charge in [0.1, 0.15) is 0 Å². The maximum Gasteiger partial charge on any atom is 0.318 e. The van der Waals surface area contributed by atoms with Crippen LogP contribution in [0.1, 0.15) is 33.6 Å². The number of hydrogen-bond donors (Lipinski definition) is 2. The molecule has 4 amide bonds. The molecular formula is C14H26N4O3. The van der Waals surface area contributed by atoms with Crippen LogP contribution >= 0.6 is 0 Å². The van der Waals surface area contributed by atoms with Crippen molar-refractivity contribution in [2.75, 3.05) is 20.1 Å². The minimum atomic E-state index is -0.838. The Hall–Kier alpha value is -1.63. The second kappa shape index (κ2) is 7.40. The van der Waals surface area contributed by atoms with Crippen molar-refractivity contribution in [3.8, 4) is 0 Å². The number of nitrogens with one attached hydrogen (secondary N) is 1. The number of urea groups is 1. The number of nitrogens with two attached hydrogens (primary N) is 1. The van der Waals surface area contributed by atoms with Gasteiger partial charge in [0.25, 0.3) is 0 Å². The number of carbonyl (C=O) groups is 3. The zero-order chi connectivity index (χ0) is 16.2. The summed E-state index contributed by atoms with van der Waals surface area (Å²) >= 11 is 0. The molecule has 1 rings (SSSR count). The third-order valence-electron chi connectivity index (χ3n) is 4.17. The maximum absolute atomic E-state index is 12.3. The summed E-state index contributed by atoms with van der Waals surface area (Å²) in [5.41, 5.74) is 4.94. The van der Waals surface area contributed by atoms with Crippen LogP contribution in [0.4, 0.5) is 4.79 Å². The number of carbonyl (C=O) groups excluding carboxylic acids is 3. The van der Waals surface area contributed by atoms with E-state index in [4.69, 9.17) is 5.73 Å². The van der Waals surface area contributed by atoms with E-state index in [2.05, 4.69) is 5.32 Å². The molecule has 1 atom stereocenters. The zero-order valence-electron chi connectivity index (χ0n) is 13.3. The van der Waals surface area contributed by atoms with Gasteiger partial charge in [0.05, 0.1) is 6.04 Å². The molecule has 3 N–H and O–H groups in total. The van der Waals surface area contributed by atoms with Crippen LogP contribution in [0.15, 0.2) is 0 Å². The Morgan fingerprint density at radius 3 is 2.14 bits per heavy atom. The molecule has 0 aromatic heterocycles. The van der Waals surface area contributed by atoms with Crippen LogP contribution in [0.3, 0.4) is 0 Å². The van der Waals surface area contributed by atoms with Crippen LogP contribution in [-0.2, 0) is 9.59 Å². The van der Waals surface area contributed by atoms with E-state index in [0.29, 0.717) is 13.1 Å². The first kappa shape index (κ1) is 17.4. The molecule has 0 bridgehead atoms. The minimum absolute atomic E-state index is 0.0139. The van der Waals surface area contributed by atoms with Gasteiger partial charge in [-0.05, 0) is 46.7 Å². The quantitative estimate of drug-likeness (QED) is 0.772. The summed E-state index contributed by atoms with van der Waals surface area (Å²) in [6.07, 6.45) is 1.45. The number of rotatable bonds is 4. The number of imide groups is 1. The van der Waals surface area contributed by atoms with Crippen molar-refractivity contribution in [2.24, 2.45) is 11.7 Å².